The third-order valence-electron chi connectivity index (χ3n) is 0.774. The van der Waals surface area contributed by atoms with Crippen molar-refractivity contribution in [3.63, 3.8) is 0 Å². The Kier molecular flexibility index (Phi) is 5.63. The quantitative estimate of drug-likeness (QED) is 0.301. The molecule has 0 aromatic heterocycles. The molecule has 0 radical (unpaired) electrons. The minimum absolute atomic E-state index is 0.0694. The summed E-state index contributed by atoms with van der Waals surface area (Å²) in [6.45, 7) is 2.69. The van der Waals surface area contributed by atoms with Crippen molar-refractivity contribution >= 4 is 10.4 Å². The summed E-state index contributed by atoms with van der Waals surface area (Å²) in [6.07, 6.45) is 0. The Hall–Kier alpha value is -0.210. The van der Waals surface area contributed by atoms with Crippen LogP contribution >= 0.6 is 0 Å². The molecule has 0 aliphatic heterocycles. The molecule has 0 aromatic carbocycles. The van der Waals surface area contributed by atoms with Gasteiger partial charge in [0, 0.05) is 0 Å². The van der Waals surface area contributed by atoms with Gasteiger partial charge in [-0.1, -0.05) is 0 Å². The van der Waals surface area contributed by atoms with Gasteiger partial charge in [-0.25, -0.2) is 5.21 Å². The first kappa shape index (κ1) is 13.4. The molecular weight excluding hydrogens is 174 g/mol. The van der Waals surface area contributed by atoms with E-state index in [0.29, 0.717) is 0 Å². The molecule has 6 nitrogen and oxygen atoms in total. The van der Waals surface area contributed by atoms with E-state index in [9.17, 15) is 0 Å². The van der Waals surface area contributed by atoms with Crippen LogP contribution in [0.15, 0.2) is 0 Å². The highest BCUT2D eigenvalue weighted by Crippen LogP contribution is 1.82. The van der Waals surface area contributed by atoms with Crippen molar-refractivity contribution in [2.45, 2.75) is 6.92 Å². The lowest BCUT2D eigenvalue weighted by Crippen LogP contribution is -2.34. The van der Waals surface area contributed by atoms with Crippen LogP contribution in [-0.4, -0.2) is 48.0 Å². The Bertz CT molecular complexity index is 171. The van der Waals surface area contributed by atoms with Crippen LogP contribution in [-0.2, 0) is 10.4 Å². The third-order valence-corrected chi connectivity index (χ3v) is 0.774. The average Bonchev–Trinajstić information content (AvgIpc) is 1.59. The van der Waals surface area contributed by atoms with E-state index in [-0.39, 0.29) is 4.65 Å². The largest absolute Gasteiger partial charge is 0.394 e. The molecule has 0 rings (SSSR count). The van der Waals surface area contributed by atoms with Crippen molar-refractivity contribution in [1.82, 2.24) is 0 Å². The molecule has 0 aromatic rings. The fraction of sp³-hybridized carbons (Fsp3) is 1.00. The van der Waals surface area contributed by atoms with Crippen molar-refractivity contribution in [3.8, 4) is 0 Å². The van der Waals surface area contributed by atoms with Gasteiger partial charge in [0.2, 0.25) is 0 Å². The minimum atomic E-state index is -4.67. The zero-order valence-electron chi connectivity index (χ0n) is 6.72. The van der Waals surface area contributed by atoms with Crippen LogP contribution in [0.5, 0.6) is 0 Å². The summed E-state index contributed by atoms with van der Waals surface area (Å²) in [6, 6.07) is 0. The Balaban J connectivity index is 0. The van der Waals surface area contributed by atoms with Gasteiger partial charge in [0.05, 0.1) is 14.1 Å². The van der Waals surface area contributed by atoms with E-state index < -0.39 is 10.4 Å². The molecule has 0 aliphatic rings. The van der Waals surface area contributed by atoms with Crippen LogP contribution in [0, 0.1) is 0 Å². The summed E-state index contributed by atoms with van der Waals surface area (Å²) in [4.78, 5) is 0. The molecule has 0 fully saturated rings. The molecule has 0 spiro atoms. The van der Waals surface area contributed by atoms with E-state index in [1.54, 1.807) is 14.1 Å². The lowest BCUT2D eigenvalue weighted by atomic mass is 10.7. The first-order valence-electron chi connectivity index (χ1n) is 2.82. The van der Waals surface area contributed by atoms with Crippen molar-refractivity contribution in [1.29, 1.82) is 0 Å². The summed E-state index contributed by atoms with van der Waals surface area (Å²) in [5, 5.41) is 8.76. The maximum Gasteiger partial charge on any atom is 0.394 e. The monoisotopic (exact) mass is 188 g/mol. The van der Waals surface area contributed by atoms with E-state index in [1.807, 2.05) is 6.92 Å². The highest BCUT2D eigenvalue weighted by atomic mass is 32.3. The number of quaternary nitrogens is 1. The molecule has 0 saturated heterocycles. The molecule has 0 atom stereocenters. The highest BCUT2D eigenvalue weighted by Gasteiger charge is 2.02. The van der Waals surface area contributed by atoms with Crippen LogP contribution in [0.25, 0.3) is 0 Å². The predicted molar refractivity (Wildman–Crippen MR) is 38.6 cm³/mol. The number of rotatable bonds is 1. The standard InChI is InChI=1S/C4H12NO.H2O4S/c1-4-5(2,3)6;1-5(2,3)4/h6H,4H2,1-3H3;(H2,1,2,3,4)/q+1;. The van der Waals surface area contributed by atoms with Crippen LogP contribution < -0.4 is 0 Å². The minimum Gasteiger partial charge on any atom is -0.264 e. The summed E-state index contributed by atoms with van der Waals surface area (Å²) in [7, 11) is -1.19. The Morgan fingerprint density at radius 3 is 1.36 bits per heavy atom. The maximum absolute atomic E-state index is 8.76. The molecule has 0 bridgehead atoms. The van der Waals surface area contributed by atoms with Gasteiger partial charge in [0.25, 0.3) is 0 Å². The van der Waals surface area contributed by atoms with Crippen LogP contribution in [0.2, 0.25) is 0 Å². The maximum atomic E-state index is 8.76. The predicted octanol–water partition coefficient (Wildman–Crippen LogP) is -0.181. The van der Waals surface area contributed by atoms with Crippen molar-refractivity contribution in [2.75, 3.05) is 20.6 Å². The van der Waals surface area contributed by atoms with Gasteiger partial charge in [0.15, 0.2) is 0 Å². The summed E-state index contributed by atoms with van der Waals surface area (Å²) in [5.41, 5.74) is 0. The first-order chi connectivity index (χ1) is 4.56. The zero-order chi connectivity index (χ0) is 9.71. The molecule has 11 heavy (non-hydrogen) atoms. The first-order valence-corrected chi connectivity index (χ1v) is 4.21. The molecule has 0 aliphatic carbocycles. The Morgan fingerprint density at radius 2 is 1.36 bits per heavy atom. The van der Waals surface area contributed by atoms with Gasteiger partial charge in [-0.15, -0.1) is 0 Å². The second-order valence-electron chi connectivity index (χ2n) is 2.39. The van der Waals surface area contributed by atoms with E-state index >= 15 is 0 Å². The SMILES string of the molecule is CC[N+](C)(C)O.O=S(=O)(O)O. The summed E-state index contributed by atoms with van der Waals surface area (Å²) in [5.74, 6) is 0. The number of hydrogen-bond donors (Lipinski definition) is 3. The molecular formula is C4H14NO5S+. The average molecular weight is 188 g/mol. The van der Waals surface area contributed by atoms with E-state index in [0.717, 1.165) is 6.54 Å². The fourth-order valence-corrected chi connectivity index (χ4v) is 0. The molecule has 0 saturated carbocycles. The molecule has 0 heterocycles. The van der Waals surface area contributed by atoms with Gasteiger partial charge in [-0.2, -0.15) is 13.1 Å². The van der Waals surface area contributed by atoms with Crippen LogP contribution in [0.3, 0.4) is 0 Å². The second kappa shape index (κ2) is 4.62. The van der Waals surface area contributed by atoms with Gasteiger partial charge in [-0.05, 0) is 6.92 Å². The van der Waals surface area contributed by atoms with Crippen molar-refractivity contribution in [2.24, 2.45) is 0 Å². The number of hydroxylamine groups is 3. The molecule has 7 heteroatoms. The molecule has 70 valence electrons. The molecule has 0 amide bonds. The summed E-state index contributed by atoms with van der Waals surface area (Å²) >= 11 is 0. The van der Waals surface area contributed by atoms with E-state index in [1.165, 1.54) is 0 Å². The number of nitrogens with zero attached hydrogens (tertiary/aromatic N) is 1. The Labute approximate surface area is 66.2 Å². The Morgan fingerprint density at radius 1 is 1.27 bits per heavy atom. The van der Waals surface area contributed by atoms with Gasteiger partial charge < -0.3 is 0 Å². The van der Waals surface area contributed by atoms with E-state index in [2.05, 4.69) is 0 Å². The normalized spacial score (nSPS) is 11.8. The fourth-order valence-electron chi connectivity index (χ4n) is 0. The van der Waals surface area contributed by atoms with Gasteiger partial charge in [0.1, 0.15) is 6.54 Å². The van der Waals surface area contributed by atoms with Gasteiger partial charge in [-0.3, -0.25) is 9.11 Å². The van der Waals surface area contributed by atoms with Crippen molar-refractivity contribution in [3.05, 3.63) is 0 Å². The van der Waals surface area contributed by atoms with Gasteiger partial charge >= 0.3 is 10.4 Å². The number of hydrogen-bond acceptors (Lipinski definition) is 3. The second-order valence-corrected chi connectivity index (χ2v) is 3.28. The third kappa shape index (κ3) is 76.3. The summed E-state index contributed by atoms with van der Waals surface area (Å²) < 4.78 is 31.7. The highest BCUT2D eigenvalue weighted by molar-refractivity contribution is 7.79. The molecule has 0 unspecified atom stereocenters. The van der Waals surface area contributed by atoms with E-state index in [4.69, 9.17) is 22.7 Å². The lowest BCUT2D eigenvalue weighted by Gasteiger charge is -2.15. The van der Waals surface area contributed by atoms with Crippen molar-refractivity contribution < 1.29 is 27.4 Å². The zero-order valence-corrected chi connectivity index (χ0v) is 7.54. The smallest absolute Gasteiger partial charge is 0.264 e. The van der Waals surface area contributed by atoms with Crippen LogP contribution in [0.4, 0.5) is 0 Å². The van der Waals surface area contributed by atoms with Crippen LogP contribution in [0.1, 0.15) is 6.92 Å². The topological polar surface area (TPSA) is 94.8 Å². The lowest BCUT2D eigenvalue weighted by molar-refractivity contribution is -1.07. The molecule has 3 N–H and O–H groups in total.